The van der Waals surface area contributed by atoms with Gasteiger partial charge in [-0.3, -0.25) is 0 Å². The summed E-state index contributed by atoms with van der Waals surface area (Å²) in [6, 6.07) is 8.45. The second-order valence-corrected chi connectivity index (χ2v) is 4.16. The summed E-state index contributed by atoms with van der Waals surface area (Å²) in [7, 11) is 0. The van der Waals surface area contributed by atoms with E-state index in [0.717, 1.165) is 29.9 Å². The molecule has 0 atom stereocenters. The topological polar surface area (TPSA) is 52.0 Å². The molecule has 0 radical (unpaired) electrons. The number of aryl methyl sites for hydroxylation is 2. The zero-order chi connectivity index (χ0) is 12.3. The summed E-state index contributed by atoms with van der Waals surface area (Å²) in [5.41, 5.74) is 8.94. The van der Waals surface area contributed by atoms with Crippen LogP contribution in [0.5, 0.6) is 0 Å². The lowest BCUT2D eigenvalue weighted by molar-refractivity contribution is 0.477. The van der Waals surface area contributed by atoms with Gasteiger partial charge >= 0.3 is 0 Å². The fourth-order valence-corrected chi connectivity index (χ4v) is 1.95. The molecule has 0 aliphatic carbocycles. The number of nitrogens with two attached hydrogens (primary N) is 1. The molecule has 3 heteroatoms. The lowest BCUT2D eigenvalue weighted by atomic mass is 10.1. The normalized spacial score (nSPS) is 10.8. The van der Waals surface area contributed by atoms with Crippen molar-refractivity contribution >= 4 is 0 Å². The van der Waals surface area contributed by atoms with Crippen molar-refractivity contribution in [3.05, 3.63) is 41.5 Å². The van der Waals surface area contributed by atoms with E-state index in [-0.39, 0.29) is 0 Å². The molecule has 1 heterocycles. The van der Waals surface area contributed by atoms with Crippen LogP contribution >= 0.6 is 0 Å². The summed E-state index contributed by atoms with van der Waals surface area (Å²) in [6.07, 6.45) is 2.28. The molecular weight excluding hydrogens is 212 g/mol. The second kappa shape index (κ2) is 5.15. The lowest BCUT2D eigenvalue weighted by Crippen LogP contribution is -1.96. The van der Waals surface area contributed by atoms with Gasteiger partial charge in [-0.1, -0.05) is 37.6 Å². The molecule has 1 aromatic heterocycles. The van der Waals surface area contributed by atoms with Gasteiger partial charge in [0.25, 0.3) is 0 Å². The van der Waals surface area contributed by atoms with Crippen LogP contribution in [0, 0.1) is 6.92 Å². The molecule has 0 fully saturated rings. The predicted molar refractivity (Wildman–Crippen MR) is 68.6 cm³/mol. The molecule has 2 rings (SSSR count). The standard InChI is InChI=1S/C14H18N2O/c1-3-4-11-5-7-12(8-6-11)14-13(9-15)17-10(2)16-14/h5-8H,3-4,9,15H2,1-2H3. The van der Waals surface area contributed by atoms with Gasteiger partial charge in [0.05, 0.1) is 6.54 Å². The summed E-state index contributed by atoms with van der Waals surface area (Å²) in [4.78, 5) is 4.38. The van der Waals surface area contributed by atoms with Gasteiger partial charge in [-0.25, -0.2) is 4.98 Å². The zero-order valence-electron chi connectivity index (χ0n) is 10.4. The van der Waals surface area contributed by atoms with Crippen LogP contribution in [0.1, 0.15) is 30.6 Å². The van der Waals surface area contributed by atoms with Crippen molar-refractivity contribution in [3.63, 3.8) is 0 Å². The van der Waals surface area contributed by atoms with Gasteiger partial charge < -0.3 is 10.2 Å². The monoisotopic (exact) mass is 230 g/mol. The maximum atomic E-state index is 5.65. The van der Waals surface area contributed by atoms with E-state index in [1.165, 1.54) is 5.56 Å². The quantitative estimate of drug-likeness (QED) is 0.878. The van der Waals surface area contributed by atoms with Crippen LogP contribution in [0.4, 0.5) is 0 Å². The molecule has 0 saturated carbocycles. The Bertz CT molecular complexity index is 485. The summed E-state index contributed by atoms with van der Waals surface area (Å²) in [5, 5.41) is 0. The van der Waals surface area contributed by atoms with E-state index in [1.807, 2.05) is 6.92 Å². The molecule has 0 aliphatic heterocycles. The van der Waals surface area contributed by atoms with Crippen molar-refractivity contribution < 1.29 is 4.42 Å². The second-order valence-electron chi connectivity index (χ2n) is 4.16. The molecule has 0 saturated heterocycles. The van der Waals surface area contributed by atoms with Gasteiger partial charge in [0.1, 0.15) is 11.5 Å². The molecule has 3 nitrogen and oxygen atoms in total. The largest absolute Gasteiger partial charge is 0.444 e. The molecule has 90 valence electrons. The van der Waals surface area contributed by atoms with Crippen molar-refractivity contribution in [3.8, 4) is 11.3 Å². The number of hydrogen-bond acceptors (Lipinski definition) is 3. The molecule has 2 N–H and O–H groups in total. The highest BCUT2D eigenvalue weighted by Crippen LogP contribution is 2.24. The number of rotatable bonds is 4. The van der Waals surface area contributed by atoms with E-state index >= 15 is 0 Å². The third kappa shape index (κ3) is 2.56. The number of hydrogen-bond donors (Lipinski definition) is 1. The Balaban J connectivity index is 2.32. The fraction of sp³-hybridized carbons (Fsp3) is 0.357. The molecule has 0 amide bonds. The van der Waals surface area contributed by atoms with Gasteiger partial charge in [-0.15, -0.1) is 0 Å². The van der Waals surface area contributed by atoms with E-state index < -0.39 is 0 Å². The Kier molecular flexibility index (Phi) is 3.59. The van der Waals surface area contributed by atoms with Crippen LogP contribution in [0.3, 0.4) is 0 Å². The van der Waals surface area contributed by atoms with Crippen molar-refractivity contribution in [1.29, 1.82) is 0 Å². The highest BCUT2D eigenvalue weighted by atomic mass is 16.4. The third-order valence-electron chi connectivity index (χ3n) is 2.76. The Labute approximate surface area is 102 Å². The zero-order valence-corrected chi connectivity index (χ0v) is 10.4. The first kappa shape index (κ1) is 11.9. The Morgan fingerprint density at radius 1 is 1.24 bits per heavy atom. The van der Waals surface area contributed by atoms with Crippen molar-refractivity contribution in [1.82, 2.24) is 4.98 Å². The minimum atomic E-state index is 0.382. The van der Waals surface area contributed by atoms with E-state index in [2.05, 4.69) is 36.2 Å². The molecule has 17 heavy (non-hydrogen) atoms. The van der Waals surface area contributed by atoms with Crippen LogP contribution in [0.25, 0.3) is 11.3 Å². The average molecular weight is 230 g/mol. The van der Waals surface area contributed by atoms with Crippen LogP contribution in [-0.4, -0.2) is 4.98 Å². The average Bonchev–Trinajstić information content (AvgIpc) is 2.72. The Morgan fingerprint density at radius 3 is 2.53 bits per heavy atom. The maximum absolute atomic E-state index is 5.65. The first-order valence-corrected chi connectivity index (χ1v) is 6.00. The van der Waals surface area contributed by atoms with Crippen LogP contribution in [0.15, 0.2) is 28.7 Å². The minimum Gasteiger partial charge on any atom is -0.444 e. The van der Waals surface area contributed by atoms with E-state index in [0.29, 0.717) is 12.4 Å². The molecule has 0 unspecified atom stereocenters. The molecule has 1 aromatic carbocycles. The van der Waals surface area contributed by atoms with Gasteiger partial charge in [-0.2, -0.15) is 0 Å². The fourth-order valence-electron chi connectivity index (χ4n) is 1.95. The van der Waals surface area contributed by atoms with Crippen LogP contribution in [0.2, 0.25) is 0 Å². The molecule has 0 spiro atoms. The molecule has 0 aliphatic rings. The van der Waals surface area contributed by atoms with Crippen molar-refractivity contribution in [2.75, 3.05) is 0 Å². The van der Waals surface area contributed by atoms with Gasteiger partial charge in [0.2, 0.25) is 0 Å². The van der Waals surface area contributed by atoms with E-state index in [1.54, 1.807) is 0 Å². The summed E-state index contributed by atoms with van der Waals surface area (Å²) in [6.45, 7) is 4.41. The number of aromatic nitrogens is 1. The number of oxazole rings is 1. The number of benzene rings is 1. The van der Waals surface area contributed by atoms with Gasteiger partial charge in [0.15, 0.2) is 5.89 Å². The smallest absolute Gasteiger partial charge is 0.191 e. The first-order valence-electron chi connectivity index (χ1n) is 6.00. The molecule has 0 bridgehead atoms. The van der Waals surface area contributed by atoms with Crippen LogP contribution < -0.4 is 5.73 Å². The summed E-state index contributed by atoms with van der Waals surface area (Å²) in [5.74, 6) is 1.42. The SMILES string of the molecule is CCCc1ccc(-c2nc(C)oc2CN)cc1. The van der Waals surface area contributed by atoms with E-state index in [9.17, 15) is 0 Å². The van der Waals surface area contributed by atoms with Crippen LogP contribution in [-0.2, 0) is 13.0 Å². The Hall–Kier alpha value is -1.61. The van der Waals surface area contributed by atoms with E-state index in [4.69, 9.17) is 10.2 Å². The summed E-state index contributed by atoms with van der Waals surface area (Å²) >= 11 is 0. The highest BCUT2D eigenvalue weighted by molar-refractivity contribution is 5.61. The van der Waals surface area contributed by atoms with Crippen molar-refractivity contribution in [2.45, 2.75) is 33.2 Å². The minimum absolute atomic E-state index is 0.382. The molecule has 2 aromatic rings. The third-order valence-corrected chi connectivity index (χ3v) is 2.76. The highest BCUT2D eigenvalue weighted by Gasteiger charge is 2.11. The predicted octanol–water partition coefficient (Wildman–Crippen LogP) is 3.06. The summed E-state index contributed by atoms with van der Waals surface area (Å²) < 4.78 is 5.46. The first-order chi connectivity index (χ1) is 8.24. The lowest BCUT2D eigenvalue weighted by Gasteiger charge is -2.01. The number of nitrogens with zero attached hydrogens (tertiary/aromatic N) is 1. The Morgan fingerprint density at radius 2 is 1.94 bits per heavy atom. The van der Waals surface area contributed by atoms with Gasteiger partial charge in [0, 0.05) is 12.5 Å². The van der Waals surface area contributed by atoms with Gasteiger partial charge in [-0.05, 0) is 12.0 Å². The molecular formula is C14H18N2O. The maximum Gasteiger partial charge on any atom is 0.191 e. The van der Waals surface area contributed by atoms with Crippen molar-refractivity contribution in [2.24, 2.45) is 5.73 Å².